The first-order chi connectivity index (χ1) is 14.9. The van der Waals surface area contributed by atoms with Crippen molar-refractivity contribution >= 4 is 39.3 Å². The van der Waals surface area contributed by atoms with Crippen molar-refractivity contribution in [1.82, 2.24) is 30.2 Å². The number of aryl methyl sites for hydroxylation is 1. The molecule has 0 amide bonds. The van der Waals surface area contributed by atoms with Crippen LogP contribution in [0.15, 0.2) is 34.2 Å². The van der Waals surface area contributed by atoms with Crippen LogP contribution in [-0.4, -0.2) is 47.9 Å². The Morgan fingerprint density at radius 2 is 2.10 bits per heavy atom. The third kappa shape index (κ3) is 4.03. The minimum Gasteiger partial charge on any atom is -0.508 e. The predicted octanol–water partition coefficient (Wildman–Crippen LogP) is 3.00. The number of aromatic nitrogens is 6. The van der Waals surface area contributed by atoms with E-state index in [1.54, 1.807) is 38.1 Å². The summed E-state index contributed by atoms with van der Waals surface area (Å²) < 4.78 is 6.61. The zero-order chi connectivity index (χ0) is 22.1. The molecule has 3 aromatic heterocycles. The Balaban J connectivity index is 1.66. The quantitative estimate of drug-likeness (QED) is 0.330. The van der Waals surface area contributed by atoms with Crippen molar-refractivity contribution in [2.24, 2.45) is 0 Å². The topological polar surface area (TPSA) is 136 Å². The zero-order valence-electron chi connectivity index (χ0n) is 16.8. The molecule has 12 heteroatoms. The summed E-state index contributed by atoms with van der Waals surface area (Å²) in [5.41, 5.74) is 0.938. The van der Waals surface area contributed by atoms with Crippen LogP contribution in [0.4, 0.5) is 0 Å². The smallest absolute Gasteiger partial charge is 0.348 e. The standard InChI is InChI=1S/C19H18N6O4S2/c1-4-29-18(28)14-9(2)13-16(27)20-15(21-17(13)31-14)10(3)30-19-22-23-24-25(19)11-5-7-12(26)8-6-11/h5-8,10,26H,4H2,1-3H3,(H,20,21,27). The zero-order valence-corrected chi connectivity index (χ0v) is 18.5. The average molecular weight is 459 g/mol. The number of thioether (sulfide) groups is 1. The number of nitrogens with zero attached hydrogens (tertiary/aromatic N) is 5. The van der Waals surface area contributed by atoms with Crippen LogP contribution in [0.5, 0.6) is 5.75 Å². The predicted molar refractivity (Wildman–Crippen MR) is 116 cm³/mol. The summed E-state index contributed by atoms with van der Waals surface area (Å²) in [7, 11) is 0. The molecule has 31 heavy (non-hydrogen) atoms. The van der Waals surface area contributed by atoms with Gasteiger partial charge in [-0.1, -0.05) is 11.8 Å². The second kappa shape index (κ2) is 8.47. The molecule has 2 N–H and O–H groups in total. The molecule has 0 radical (unpaired) electrons. The molecule has 4 aromatic rings. The Hall–Kier alpha value is -3.25. The lowest BCUT2D eigenvalue weighted by atomic mass is 10.2. The Bertz CT molecular complexity index is 1310. The number of aromatic hydroxyl groups is 1. The molecule has 4 rings (SSSR count). The molecule has 0 spiro atoms. The number of nitrogens with one attached hydrogen (secondary N) is 1. The van der Waals surface area contributed by atoms with Gasteiger partial charge in [0.2, 0.25) is 5.16 Å². The Morgan fingerprint density at radius 1 is 1.35 bits per heavy atom. The summed E-state index contributed by atoms with van der Waals surface area (Å²) in [5.74, 6) is 0.127. The molecular formula is C19H18N6O4S2. The maximum Gasteiger partial charge on any atom is 0.348 e. The lowest BCUT2D eigenvalue weighted by molar-refractivity contribution is 0.0531. The molecule has 0 aliphatic carbocycles. The minimum absolute atomic E-state index is 0.142. The fourth-order valence-corrected chi connectivity index (χ4v) is 4.91. The number of H-pyrrole nitrogens is 1. The van der Waals surface area contributed by atoms with Crippen molar-refractivity contribution in [2.45, 2.75) is 31.2 Å². The maximum absolute atomic E-state index is 12.7. The summed E-state index contributed by atoms with van der Waals surface area (Å²) in [6, 6.07) is 6.47. The third-order valence-corrected chi connectivity index (χ3v) is 6.69. The molecule has 10 nitrogen and oxygen atoms in total. The fraction of sp³-hybridized carbons (Fsp3) is 0.263. The number of phenols is 1. The van der Waals surface area contributed by atoms with Gasteiger partial charge >= 0.3 is 5.97 Å². The number of ether oxygens (including phenoxy) is 1. The van der Waals surface area contributed by atoms with Gasteiger partial charge < -0.3 is 14.8 Å². The lowest BCUT2D eigenvalue weighted by Crippen LogP contribution is -2.13. The summed E-state index contributed by atoms with van der Waals surface area (Å²) in [6.45, 7) is 5.57. The van der Waals surface area contributed by atoms with E-state index in [9.17, 15) is 14.7 Å². The number of fused-ring (bicyclic) bond motifs is 1. The molecule has 1 atom stereocenters. The van der Waals surface area contributed by atoms with Crippen molar-refractivity contribution in [3.8, 4) is 11.4 Å². The van der Waals surface area contributed by atoms with Crippen LogP contribution >= 0.6 is 23.1 Å². The average Bonchev–Trinajstić information content (AvgIpc) is 3.33. The van der Waals surface area contributed by atoms with Crippen molar-refractivity contribution in [3.05, 3.63) is 50.9 Å². The number of carbonyl (C=O) groups excluding carboxylic acids is 1. The van der Waals surface area contributed by atoms with Crippen LogP contribution in [0.25, 0.3) is 15.9 Å². The van der Waals surface area contributed by atoms with Crippen LogP contribution in [-0.2, 0) is 4.74 Å². The molecule has 0 fully saturated rings. The number of thiophene rings is 1. The molecule has 3 heterocycles. The van der Waals surface area contributed by atoms with Gasteiger partial charge in [0.05, 0.1) is 22.9 Å². The van der Waals surface area contributed by atoms with Gasteiger partial charge in [-0.25, -0.2) is 9.78 Å². The van der Waals surface area contributed by atoms with Crippen molar-refractivity contribution in [1.29, 1.82) is 0 Å². The minimum atomic E-state index is -0.459. The number of aromatic amines is 1. The summed E-state index contributed by atoms with van der Waals surface area (Å²) in [4.78, 5) is 33.1. The van der Waals surface area contributed by atoms with Crippen molar-refractivity contribution in [3.63, 3.8) is 0 Å². The highest BCUT2D eigenvalue weighted by Crippen LogP contribution is 2.34. The van der Waals surface area contributed by atoms with Gasteiger partial charge in [-0.05, 0) is 61.0 Å². The van der Waals surface area contributed by atoms with Crippen LogP contribution in [0.1, 0.15) is 40.2 Å². The first-order valence-corrected chi connectivity index (χ1v) is 11.0. The lowest BCUT2D eigenvalue weighted by Gasteiger charge is -2.10. The van der Waals surface area contributed by atoms with Gasteiger partial charge in [-0.15, -0.1) is 16.4 Å². The highest BCUT2D eigenvalue weighted by atomic mass is 32.2. The number of rotatable bonds is 6. The van der Waals surface area contributed by atoms with E-state index in [2.05, 4.69) is 25.5 Å². The molecule has 0 saturated carbocycles. The van der Waals surface area contributed by atoms with Gasteiger partial charge in [-0.2, -0.15) is 4.68 Å². The van der Waals surface area contributed by atoms with E-state index in [0.29, 0.717) is 37.3 Å². The summed E-state index contributed by atoms with van der Waals surface area (Å²) in [6.07, 6.45) is 0. The molecule has 0 aliphatic rings. The maximum atomic E-state index is 12.7. The number of esters is 1. The first kappa shape index (κ1) is 21.0. The number of hydrogen-bond donors (Lipinski definition) is 2. The summed E-state index contributed by atoms with van der Waals surface area (Å²) >= 11 is 2.46. The van der Waals surface area contributed by atoms with Crippen molar-refractivity contribution in [2.75, 3.05) is 6.61 Å². The highest BCUT2D eigenvalue weighted by Gasteiger charge is 2.22. The Morgan fingerprint density at radius 3 is 2.81 bits per heavy atom. The molecule has 0 saturated heterocycles. The number of benzene rings is 1. The Kier molecular flexibility index (Phi) is 5.74. The van der Waals surface area contributed by atoms with Gasteiger partial charge in [0.1, 0.15) is 21.3 Å². The number of carbonyl (C=O) groups is 1. The Labute approximate surface area is 184 Å². The highest BCUT2D eigenvalue weighted by molar-refractivity contribution is 7.99. The number of phenolic OH excluding ortho intramolecular Hbond substituents is 1. The van der Waals surface area contributed by atoms with E-state index >= 15 is 0 Å². The van der Waals surface area contributed by atoms with Crippen LogP contribution in [0.3, 0.4) is 0 Å². The summed E-state index contributed by atoms with van der Waals surface area (Å²) in [5, 5.41) is 21.9. The van der Waals surface area contributed by atoms with Gasteiger partial charge in [0.15, 0.2) is 0 Å². The van der Waals surface area contributed by atoms with Gasteiger partial charge in [0.25, 0.3) is 5.56 Å². The molecule has 1 aromatic carbocycles. The fourth-order valence-electron chi connectivity index (χ4n) is 2.97. The normalized spacial score (nSPS) is 12.2. The van der Waals surface area contributed by atoms with Crippen molar-refractivity contribution < 1.29 is 14.6 Å². The SMILES string of the molecule is CCOC(=O)c1sc2nc(C(C)Sc3nnnn3-c3ccc(O)cc3)[nH]c(=O)c2c1C. The van der Waals surface area contributed by atoms with E-state index in [0.717, 1.165) is 11.3 Å². The van der Waals surface area contributed by atoms with E-state index in [4.69, 9.17) is 4.74 Å². The van der Waals surface area contributed by atoms with Crippen LogP contribution < -0.4 is 5.56 Å². The molecule has 160 valence electrons. The van der Waals surface area contributed by atoms with E-state index in [1.165, 1.54) is 16.4 Å². The number of tetrazole rings is 1. The molecular weight excluding hydrogens is 440 g/mol. The number of hydrogen-bond acceptors (Lipinski definition) is 10. The molecule has 0 aliphatic heterocycles. The first-order valence-electron chi connectivity index (χ1n) is 9.34. The molecule has 1 unspecified atom stereocenters. The molecule has 0 bridgehead atoms. The largest absolute Gasteiger partial charge is 0.508 e. The van der Waals surface area contributed by atoms with Crippen LogP contribution in [0, 0.1) is 6.92 Å². The second-order valence-corrected chi connectivity index (χ2v) is 8.86. The van der Waals surface area contributed by atoms with E-state index in [1.807, 2.05) is 6.92 Å². The third-order valence-electron chi connectivity index (χ3n) is 4.48. The van der Waals surface area contributed by atoms with Gasteiger partial charge in [0, 0.05) is 0 Å². The van der Waals surface area contributed by atoms with E-state index in [-0.39, 0.29) is 23.2 Å². The van der Waals surface area contributed by atoms with Gasteiger partial charge in [-0.3, -0.25) is 4.79 Å². The van der Waals surface area contributed by atoms with E-state index < -0.39 is 5.97 Å². The monoisotopic (exact) mass is 458 g/mol. The van der Waals surface area contributed by atoms with Crippen LogP contribution in [0.2, 0.25) is 0 Å². The second-order valence-electron chi connectivity index (χ2n) is 6.56.